The number of aliphatic hydroxyl groups excluding tert-OH is 1. The highest BCUT2D eigenvalue weighted by Crippen LogP contribution is 2.41. The van der Waals surface area contributed by atoms with Gasteiger partial charge in [-0.1, -0.05) is 36.4 Å². The van der Waals surface area contributed by atoms with Crippen molar-refractivity contribution in [1.29, 1.82) is 0 Å². The second kappa shape index (κ2) is 8.29. The number of nitrogens with zero attached hydrogens (tertiary/aromatic N) is 1. The van der Waals surface area contributed by atoms with E-state index in [1.54, 1.807) is 0 Å². The Bertz CT molecular complexity index is 1130. The number of aryl methyl sites for hydroxylation is 1. The summed E-state index contributed by atoms with van der Waals surface area (Å²) < 4.78 is 28.2. The van der Waals surface area contributed by atoms with Crippen molar-refractivity contribution in [2.75, 3.05) is 0 Å². The SMILES string of the molecule is Cc1cccc(Oc2cccc3c2CC[C@H]3Oc2ccc(C3CC(O)=N[S+]3[O-])cc2)c1. The van der Waals surface area contributed by atoms with Gasteiger partial charge in [-0.25, -0.2) is 0 Å². The Morgan fingerprint density at radius 2 is 1.84 bits per heavy atom. The van der Waals surface area contributed by atoms with E-state index in [2.05, 4.69) is 23.5 Å². The second-order valence-corrected chi connectivity index (χ2v) is 9.24. The van der Waals surface area contributed by atoms with E-state index in [1.165, 1.54) is 5.56 Å². The van der Waals surface area contributed by atoms with E-state index in [0.717, 1.165) is 46.8 Å². The third kappa shape index (κ3) is 4.13. The van der Waals surface area contributed by atoms with Crippen LogP contribution in [0.4, 0.5) is 0 Å². The molecule has 0 saturated carbocycles. The van der Waals surface area contributed by atoms with Crippen molar-refractivity contribution in [2.45, 2.75) is 37.5 Å². The van der Waals surface area contributed by atoms with Crippen LogP contribution in [-0.4, -0.2) is 15.6 Å². The molecule has 0 spiro atoms. The third-order valence-electron chi connectivity index (χ3n) is 5.73. The summed E-state index contributed by atoms with van der Waals surface area (Å²) in [6.07, 6.45) is 2.07. The lowest BCUT2D eigenvalue weighted by Crippen LogP contribution is -2.07. The van der Waals surface area contributed by atoms with Gasteiger partial charge in [0.2, 0.25) is 5.90 Å². The van der Waals surface area contributed by atoms with Crippen LogP contribution in [0.5, 0.6) is 17.2 Å². The molecule has 1 N–H and O–H groups in total. The maximum atomic E-state index is 12.0. The number of aliphatic hydroxyl groups is 1. The van der Waals surface area contributed by atoms with Crippen LogP contribution < -0.4 is 9.47 Å². The quantitative estimate of drug-likeness (QED) is 0.507. The fraction of sp³-hybridized carbons (Fsp3) is 0.240. The smallest absolute Gasteiger partial charge is 0.240 e. The van der Waals surface area contributed by atoms with Crippen LogP contribution in [0.2, 0.25) is 0 Å². The molecule has 0 amide bonds. The Hall–Kier alpha value is -2.96. The molecule has 1 heterocycles. The van der Waals surface area contributed by atoms with E-state index in [0.29, 0.717) is 6.42 Å². The normalized spacial score (nSPS) is 22.1. The van der Waals surface area contributed by atoms with E-state index in [9.17, 15) is 9.66 Å². The standard InChI is InChI=1S/C25H23NO4S/c1-16-4-2-5-19(14-16)30-22-7-3-6-20-21(22)12-13-23(20)29-18-10-8-17(9-11-18)24-15-25(27)26-31(24)28/h2-11,14,23-24H,12-13,15H2,1H3,(H,26,27)/t23-,24?,31?/m1/s1. The zero-order chi connectivity index (χ0) is 21.4. The third-order valence-corrected chi connectivity index (χ3v) is 7.04. The molecule has 0 radical (unpaired) electrons. The zero-order valence-corrected chi connectivity index (χ0v) is 18.0. The molecule has 0 saturated heterocycles. The zero-order valence-electron chi connectivity index (χ0n) is 17.2. The van der Waals surface area contributed by atoms with Gasteiger partial charge in [0, 0.05) is 11.1 Å². The number of benzene rings is 3. The summed E-state index contributed by atoms with van der Waals surface area (Å²) in [5, 5.41) is 9.23. The summed E-state index contributed by atoms with van der Waals surface area (Å²) >= 11 is -1.42. The first-order valence-electron chi connectivity index (χ1n) is 10.4. The fourth-order valence-electron chi connectivity index (χ4n) is 4.21. The maximum absolute atomic E-state index is 12.0. The van der Waals surface area contributed by atoms with Crippen molar-refractivity contribution in [2.24, 2.45) is 4.40 Å². The topological polar surface area (TPSA) is 74.1 Å². The summed E-state index contributed by atoms with van der Waals surface area (Å²) in [6.45, 7) is 2.05. The summed E-state index contributed by atoms with van der Waals surface area (Å²) in [4.78, 5) is 0. The van der Waals surface area contributed by atoms with Gasteiger partial charge in [-0.2, -0.15) is 0 Å². The minimum Gasteiger partial charge on any atom is -0.591 e. The molecule has 1 aliphatic carbocycles. The molecule has 3 aromatic rings. The number of hydrogen-bond acceptors (Lipinski definition) is 4. The molecule has 5 rings (SSSR count). The minimum absolute atomic E-state index is 0.0325. The van der Waals surface area contributed by atoms with E-state index in [4.69, 9.17) is 9.47 Å². The molecular formula is C25H23NO4S. The number of ether oxygens (including phenoxy) is 2. The van der Waals surface area contributed by atoms with Crippen molar-refractivity contribution in [3.63, 3.8) is 0 Å². The Morgan fingerprint density at radius 1 is 1.03 bits per heavy atom. The highest BCUT2D eigenvalue weighted by atomic mass is 32.2. The molecule has 2 aliphatic rings. The molecular weight excluding hydrogens is 410 g/mol. The monoisotopic (exact) mass is 433 g/mol. The highest BCUT2D eigenvalue weighted by Gasteiger charge is 2.34. The Balaban J connectivity index is 1.31. The predicted molar refractivity (Wildman–Crippen MR) is 121 cm³/mol. The molecule has 3 atom stereocenters. The van der Waals surface area contributed by atoms with E-state index in [1.807, 2.05) is 54.6 Å². The van der Waals surface area contributed by atoms with Crippen LogP contribution in [0.3, 0.4) is 0 Å². The van der Waals surface area contributed by atoms with Gasteiger partial charge in [0.05, 0.1) is 6.42 Å². The highest BCUT2D eigenvalue weighted by molar-refractivity contribution is 7.90. The summed E-state index contributed by atoms with van der Waals surface area (Å²) in [5.41, 5.74) is 4.40. The Labute approximate surface area is 184 Å². The number of rotatable bonds is 5. The van der Waals surface area contributed by atoms with Crippen molar-refractivity contribution < 1.29 is 19.1 Å². The van der Waals surface area contributed by atoms with Gasteiger partial charge in [0.15, 0.2) is 5.25 Å². The lowest BCUT2D eigenvalue weighted by molar-refractivity contribution is 0.207. The van der Waals surface area contributed by atoms with Crippen LogP contribution >= 0.6 is 0 Å². The molecule has 6 heteroatoms. The molecule has 31 heavy (non-hydrogen) atoms. The lowest BCUT2D eigenvalue weighted by atomic mass is 10.1. The summed E-state index contributed by atoms with van der Waals surface area (Å²) in [6, 6.07) is 21.8. The molecule has 1 aliphatic heterocycles. The largest absolute Gasteiger partial charge is 0.591 e. The predicted octanol–water partition coefficient (Wildman–Crippen LogP) is 5.92. The average Bonchev–Trinajstić information content (AvgIpc) is 3.32. The molecule has 3 aromatic carbocycles. The van der Waals surface area contributed by atoms with Crippen molar-refractivity contribution in [3.05, 3.63) is 89.0 Å². The average molecular weight is 434 g/mol. The number of fused-ring (bicyclic) bond motifs is 1. The van der Waals surface area contributed by atoms with Crippen molar-refractivity contribution in [3.8, 4) is 17.2 Å². The van der Waals surface area contributed by atoms with Gasteiger partial charge in [-0.3, -0.25) is 0 Å². The van der Waals surface area contributed by atoms with Crippen LogP contribution in [0.15, 0.2) is 71.1 Å². The van der Waals surface area contributed by atoms with E-state index < -0.39 is 11.4 Å². The summed E-state index contributed by atoms with van der Waals surface area (Å²) in [7, 11) is 0. The maximum Gasteiger partial charge on any atom is 0.240 e. The van der Waals surface area contributed by atoms with E-state index in [-0.39, 0.29) is 17.3 Å². The first-order chi connectivity index (χ1) is 15.1. The molecule has 0 aromatic heterocycles. The second-order valence-electron chi connectivity index (χ2n) is 7.93. The van der Waals surface area contributed by atoms with Crippen LogP contribution in [0.1, 0.15) is 46.4 Å². The number of hydrogen-bond donors (Lipinski definition) is 1. The molecule has 0 bridgehead atoms. The van der Waals surface area contributed by atoms with Gasteiger partial charge >= 0.3 is 0 Å². The van der Waals surface area contributed by atoms with Gasteiger partial charge in [0.25, 0.3) is 0 Å². The van der Waals surface area contributed by atoms with Gasteiger partial charge in [-0.15, -0.1) is 0 Å². The first-order valence-corrected chi connectivity index (χ1v) is 11.5. The van der Waals surface area contributed by atoms with Crippen LogP contribution in [0, 0.1) is 6.92 Å². The minimum atomic E-state index is -1.42. The Kier molecular flexibility index (Phi) is 5.34. The van der Waals surface area contributed by atoms with E-state index >= 15 is 0 Å². The summed E-state index contributed by atoms with van der Waals surface area (Å²) in [5.74, 6) is 2.44. The molecule has 0 fully saturated rings. The van der Waals surface area contributed by atoms with Gasteiger partial charge < -0.3 is 19.1 Å². The Morgan fingerprint density at radius 3 is 2.58 bits per heavy atom. The van der Waals surface area contributed by atoms with Gasteiger partial charge in [-0.05, 0) is 65.6 Å². The lowest BCUT2D eigenvalue weighted by Gasteiger charge is -2.17. The molecule has 2 unspecified atom stereocenters. The van der Waals surface area contributed by atoms with Crippen LogP contribution in [-0.2, 0) is 17.8 Å². The van der Waals surface area contributed by atoms with Gasteiger partial charge in [0.1, 0.15) is 34.7 Å². The first kappa shape index (κ1) is 20.0. The molecule has 5 nitrogen and oxygen atoms in total. The molecule has 158 valence electrons. The van der Waals surface area contributed by atoms with Crippen molar-refractivity contribution in [1.82, 2.24) is 0 Å². The van der Waals surface area contributed by atoms with Crippen molar-refractivity contribution >= 4 is 17.3 Å². The van der Waals surface area contributed by atoms with Crippen LogP contribution in [0.25, 0.3) is 0 Å². The fourth-order valence-corrected chi connectivity index (χ4v) is 5.30.